The molecule has 4 fully saturated rings. The predicted molar refractivity (Wildman–Crippen MR) is 160 cm³/mol. The highest BCUT2D eigenvalue weighted by Gasteiger charge is 2.79. The zero-order valence-electron chi connectivity index (χ0n) is 24.4. The molecule has 3 heteroatoms. The molecule has 0 aromatic heterocycles. The Bertz CT molecular complexity index is 691. The molecule has 4 saturated carbocycles. The quantitative estimate of drug-likeness (QED) is 0.164. The molecule has 1 nitrogen and oxygen atoms in total. The minimum atomic E-state index is -0.830. The Hall–Kier alpha value is 0.250. The van der Waals surface area contributed by atoms with Crippen LogP contribution < -0.4 is 0 Å². The predicted octanol–water partition coefficient (Wildman–Crippen LogP) is 11.6. The number of Topliss-reactive ketones (excluding diaryl/α,β-unsaturated/α-hetero) is 1. The molecule has 0 aromatic carbocycles. The fraction of sp³-hybridized carbons (Fsp3) is 0.971. The van der Waals surface area contributed by atoms with E-state index in [0.29, 0.717) is 5.78 Å². The van der Waals surface area contributed by atoms with Gasteiger partial charge in [0.2, 0.25) is 0 Å². The van der Waals surface area contributed by atoms with Crippen molar-refractivity contribution in [2.24, 2.45) is 34.5 Å². The van der Waals surface area contributed by atoms with Crippen molar-refractivity contribution in [3.63, 3.8) is 0 Å². The van der Waals surface area contributed by atoms with Gasteiger partial charge in [-0.2, -0.15) is 0 Å². The number of alkyl halides is 2. The van der Waals surface area contributed by atoms with Crippen molar-refractivity contribution in [3.05, 3.63) is 0 Å². The van der Waals surface area contributed by atoms with Gasteiger partial charge < -0.3 is 0 Å². The summed E-state index contributed by atoms with van der Waals surface area (Å²) in [6.45, 7) is 4.58. The first-order valence-electron chi connectivity index (χ1n) is 16.8. The summed E-state index contributed by atoms with van der Waals surface area (Å²) >= 11 is 14.5. The van der Waals surface area contributed by atoms with Crippen LogP contribution in [0.25, 0.3) is 0 Å². The van der Waals surface area contributed by atoms with Crippen LogP contribution in [0, 0.1) is 34.5 Å². The molecule has 4 aliphatic rings. The largest absolute Gasteiger partial charge is 0.298 e. The summed E-state index contributed by atoms with van der Waals surface area (Å²) in [5.74, 6) is 3.91. The highest BCUT2D eigenvalue weighted by Crippen LogP contribution is 2.74. The van der Waals surface area contributed by atoms with Gasteiger partial charge in [0.05, 0.1) is 10.8 Å². The molecule has 0 atom stereocenters. The zero-order chi connectivity index (χ0) is 26.4. The summed E-state index contributed by atoms with van der Waals surface area (Å²) in [5.41, 5.74) is -0.869. The van der Waals surface area contributed by atoms with Crippen molar-refractivity contribution in [2.75, 3.05) is 0 Å². The molecule has 0 aliphatic heterocycles. The van der Waals surface area contributed by atoms with Crippen LogP contribution in [0.1, 0.15) is 168 Å². The van der Waals surface area contributed by atoms with Crippen LogP contribution in [0.15, 0.2) is 0 Å². The molecule has 0 unspecified atom stereocenters. The van der Waals surface area contributed by atoms with Crippen LogP contribution in [-0.2, 0) is 4.79 Å². The number of rotatable bonds is 13. The molecule has 0 saturated heterocycles. The Kier molecular flexibility index (Phi) is 11.2. The first-order chi connectivity index (χ1) is 17.9. The molecule has 37 heavy (non-hydrogen) atoms. The average molecular weight is 554 g/mol. The van der Waals surface area contributed by atoms with E-state index in [4.69, 9.17) is 23.2 Å². The van der Waals surface area contributed by atoms with Gasteiger partial charge in [0.25, 0.3) is 0 Å². The number of carbonyl (C=O) groups excluding carboxylic acids is 1. The third-order valence-corrected chi connectivity index (χ3v) is 13.4. The molecule has 4 rings (SSSR count). The molecule has 0 bridgehead atoms. The highest BCUT2D eigenvalue weighted by molar-refractivity contribution is 6.55. The van der Waals surface area contributed by atoms with Crippen molar-refractivity contribution < 1.29 is 4.79 Å². The van der Waals surface area contributed by atoms with E-state index in [0.717, 1.165) is 62.2 Å². The second-order valence-corrected chi connectivity index (χ2v) is 15.4. The van der Waals surface area contributed by atoms with Crippen LogP contribution in [0.2, 0.25) is 0 Å². The van der Waals surface area contributed by atoms with E-state index in [-0.39, 0.29) is 0 Å². The van der Waals surface area contributed by atoms with Gasteiger partial charge in [-0.05, 0) is 87.9 Å². The second kappa shape index (κ2) is 13.7. The maximum Gasteiger partial charge on any atom is 0.151 e. The summed E-state index contributed by atoms with van der Waals surface area (Å²) in [5, 5.41) is 0. The van der Waals surface area contributed by atoms with Crippen molar-refractivity contribution in [1.82, 2.24) is 0 Å². The van der Waals surface area contributed by atoms with Crippen molar-refractivity contribution >= 4 is 29.0 Å². The van der Waals surface area contributed by atoms with E-state index < -0.39 is 15.2 Å². The number of hydrogen-bond donors (Lipinski definition) is 0. The molecule has 0 amide bonds. The van der Waals surface area contributed by atoms with E-state index in [2.05, 4.69) is 13.8 Å². The van der Waals surface area contributed by atoms with Gasteiger partial charge in [0.1, 0.15) is 4.33 Å². The average Bonchev–Trinajstić information content (AvgIpc) is 2.93. The monoisotopic (exact) mass is 552 g/mol. The molecule has 0 radical (unpaired) electrons. The summed E-state index contributed by atoms with van der Waals surface area (Å²) < 4.78 is -0.830. The van der Waals surface area contributed by atoms with Crippen LogP contribution >= 0.6 is 23.2 Å². The standard InChI is InChI=1S/C34H58Cl2O/c1-3-5-7-9-11-13-27-15-17-29(18-16-27)30-21-25-33(26-22-30)31(37)32(34(33,35)36)23-19-28(20-24-32)14-12-10-8-6-4-2/h27-30H,3-26H2,1-2H3. The van der Waals surface area contributed by atoms with E-state index >= 15 is 0 Å². The van der Waals surface area contributed by atoms with Gasteiger partial charge in [0, 0.05) is 0 Å². The minimum Gasteiger partial charge on any atom is -0.298 e. The topological polar surface area (TPSA) is 17.1 Å². The van der Waals surface area contributed by atoms with E-state index in [1.54, 1.807) is 0 Å². The lowest BCUT2D eigenvalue weighted by Crippen LogP contribution is -2.74. The molecule has 0 N–H and O–H groups in total. The maximum atomic E-state index is 13.9. The third-order valence-electron chi connectivity index (χ3n) is 11.9. The fourth-order valence-corrected chi connectivity index (χ4v) is 10.4. The molecule has 214 valence electrons. The van der Waals surface area contributed by atoms with Crippen molar-refractivity contribution in [1.29, 1.82) is 0 Å². The SMILES string of the molecule is CCCCCCCC1CCC(C2CCC3(CC2)C(=O)C2(CCC(CCCCCCC)CC2)C3(Cl)Cl)CC1. The number of ketones is 1. The number of unbranched alkanes of at least 4 members (excludes halogenated alkanes) is 8. The normalized spacial score (nSPS) is 37.7. The van der Waals surface area contributed by atoms with Gasteiger partial charge in [-0.25, -0.2) is 0 Å². The summed E-state index contributed by atoms with van der Waals surface area (Å²) in [6, 6.07) is 0. The Balaban J connectivity index is 1.19. The lowest BCUT2D eigenvalue weighted by molar-refractivity contribution is -0.173. The molecule has 0 aromatic rings. The third kappa shape index (κ3) is 6.29. The number of halogens is 2. The van der Waals surface area contributed by atoms with E-state index in [1.807, 2.05) is 0 Å². The van der Waals surface area contributed by atoms with Crippen LogP contribution in [0.3, 0.4) is 0 Å². The number of hydrogen-bond acceptors (Lipinski definition) is 1. The van der Waals surface area contributed by atoms with Gasteiger partial charge >= 0.3 is 0 Å². The fourth-order valence-electron chi connectivity index (χ4n) is 9.31. The van der Waals surface area contributed by atoms with Gasteiger partial charge in [0.15, 0.2) is 5.78 Å². The Morgan fingerprint density at radius 2 is 0.973 bits per heavy atom. The van der Waals surface area contributed by atoms with Crippen LogP contribution in [0.4, 0.5) is 0 Å². The van der Waals surface area contributed by atoms with Crippen molar-refractivity contribution in [3.8, 4) is 0 Å². The lowest BCUT2D eigenvalue weighted by atomic mass is 9.42. The Morgan fingerprint density at radius 1 is 0.568 bits per heavy atom. The molecule has 0 heterocycles. The van der Waals surface area contributed by atoms with Crippen molar-refractivity contribution in [2.45, 2.75) is 172 Å². The van der Waals surface area contributed by atoms with Gasteiger partial charge in [-0.1, -0.05) is 127 Å². The molecular formula is C34H58Cl2O. The summed E-state index contributed by atoms with van der Waals surface area (Å²) in [4.78, 5) is 13.9. The Labute approximate surface area is 240 Å². The Morgan fingerprint density at radius 3 is 1.43 bits per heavy atom. The van der Waals surface area contributed by atoms with Crippen LogP contribution in [0.5, 0.6) is 0 Å². The smallest absolute Gasteiger partial charge is 0.151 e. The van der Waals surface area contributed by atoms with E-state index in [9.17, 15) is 4.79 Å². The maximum absolute atomic E-state index is 13.9. The molecular weight excluding hydrogens is 495 g/mol. The van der Waals surface area contributed by atoms with Crippen LogP contribution in [-0.4, -0.2) is 10.1 Å². The van der Waals surface area contributed by atoms with E-state index in [1.165, 1.54) is 116 Å². The summed E-state index contributed by atoms with van der Waals surface area (Å²) in [7, 11) is 0. The lowest BCUT2D eigenvalue weighted by Gasteiger charge is -2.67. The molecule has 2 spiro atoms. The second-order valence-electron chi connectivity index (χ2n) is 14.0. The summed E-state index contributed by atoms with van der Waals surface area (Å²) in [6.07, 6.45) is 30.8. The van der Waals surface area contributed by atoms with Gasteiger partial charge in [-0.3, -0.25) is 4.79 Å². The highest BCUT2D eigenvalue weighted by atomic mass is 35.5. The first-order valence-corrected chi connectivity index (χ1v) is 17.6. The van der Waals surface area contributed by atoms with Gasteiger partial charge in [-0.15, -0.1) is 0 Å². The first kappa shape index (κ1) is 30.2. The zero-order valence-corrected chi connectivity index (χ0v) is 26.0. The minimum absolute atomic E-state index is 0.434. The number of carbonyl (C=O) groups is 1. The molecule has 4 aliphatic carbocycles.